The number of aromatic nitrogens is 2. The summed E-state index contributed by atoms with van der Waals surface area (Å²) in [5.41, 5.74) is 1.09. The van der Waals surface area contributed by atoms with Crippen molar-refractivity contribution in [2.45, 2.75) is 6.92 Å². The van der Waals surface area contributed by atoms with Crippen LogP contribution in [-0.4, -0.2) is 20.6 Å². The van der Waals surface area contributed by atoms with Gasteiger partial charge in [0.15, 0.2) is 0 Å². The molecule has 76 valence electrons. The molecule has 0 aliphatic rings. The predicted molar refractivity (Wildman–Crippen MR) is 55.3 cm³/mol. The summed E-state index contributed by atoms with van der Waals surface area (Å²) in [7, 11) is 0. The van der Waals surface area contributed by atoms with Crippen LogP contribution in [0.25, 0.3) is 5.69 Å². The molecule has 0 unspecified atom stereocenters. The van der Waals surface area contributed by atoms with Gasteiger partial charge in [-0.3, -0.25) is 0 Å². The smallest absolute Gasteiger partial charge is 0.335 e. The summed E-state index contributed by atoms with van der Waals surface area (Å²) in [4.78, 5) is 14.9. The minimum atomic E-state index is -0.922. The van der Waals surface area contributed by atoms with Crippen molar-refractivity contribution >= 4 is 5.97 Å². The molecule has 2 aromatic rings. The molecule has 15 heavy (non-hydrogen) atoms. The largest absolute Gasteiger partial charge is 0.478 e. The van der Waals surface area contributed by atoms with Crippen molar-refractivity contribution in [3.05, 3.63) is 48.0 Å². The average Bonchev–Trinajstić information content (AvgIpc) is 2.64. The molecule has 0 saturated heterocycles. The molecule has 0 aliphatic heterocycles. The Hall–Kier alpha value is -2.10. The van der Waals surface area contributed by atoms with Gasteiger partial charge < -0.3 is 9.67 Å². The van der Waals surface area contributed by atoms with Gasteiger partial charge in [-0.1, -0.05) is 6.07 Å². The topological polar surface area (TPSA) is 55.1 Å². The quantitative estimate of drug-likeness (QED) is 0.808. The third kappa shape index (κ3) is 1.74. The second-order valence-electron chi connectivity index (χ2n) is 3.20. The molecular formula is C11H10N2O2. The van der Waals surface area contributed by atoms with Gasteiger partial charge in [-0.15, -0.1) is 0 Å². The van der Waals surface area contributed by atoms with Crippen molar-refractivity contribution in [2.75, 3.05) is 0 Å². The molecule has 1 aromatic carbocycles. The average molecular weight is 202 g/mol. The number of carbonyl (C=O) groups is 1. The molecule has 0 amide bonds. The lowest BCUT2D eigenvalue weighted by molar-refractivity contribution is 0.0697. The summed E-state index contributed by atoms with van der Waals surface area (Å²) in [5.74, 6) is -0.0906. The van der Waals surface area contributed by atoms with Crippen LogP contribution in [-0.2, 0) is 0 Å². The van der Waals surface area contributed by atoms with Gasteiger partial charge in [0.1, 0.15) is 5.82 Å². The number of hydrogen-bond donors (Lipinski definition) is 1. The molecular weight excluding hydrogens is 192 g/mol. The van der Waals surface area contributed by atoms with E-state index >= 15 is 0 Å². The van der Waals surface area contributed by atoms with Gasteiger partial charge in [0.2, 0.25) is 0 Å². The van der Waals surface area contributed by atoms with Gasteiger partial charge in [0.05, 0.1) is 5.56 Å². The fourth-order valence-electron chi connectivity index (χ4n) is 1.44. The number of carboxylic acid groups (broad SMARTS) is 1. The summed E-state index contributed by atoms with van der Waals surface area (Å²) in [6, 6.07) is 6.76. The van der Waals surface area contributed by atoms with Crippen molar-refractivity contribution in [3.63, 3.8) is 0 Å². The zero-order valence-corrected chi connectivity index (χ0v) is 8.21. The zero-order chi connectivity index (χ0) is 10.8. The summed E-state index contributed by atoms with van der Waals surface area (Å²) in [6.07, 6.45) is 3.49. The van der Waals surface area contributed by atoms with Crippen molar-refractivity contribution in [1.29, 1.82) is 0 Å². The highest BCUT2D eigenvalue weighted by molar-refractivity contribution is 5.88. The lowest BCUT2D eigenvalue weighted by atomic mass is 10.2. The molecule has 0 radical (unpaired) electrons. The van der Waals surface area contributed by atoms with Gasteiger partial charge in [0.25, 0.3) is 0 Å². The highest BCUT2D eigenvalue weighted by atomic mass is 16.4. The van der Waals surface area contributed by atoms with Crippen LogP contribution in [0, 0.1) is 6.92 Å². The van der Waals surface area contributed by atoms with Gasteiger partial charge in [-0.05, 0) is 25.1 Å². The van der Waals surface area contributed by atoms with Crippen molar-refractivity contribution in [2.24, 2.45) is 0 Å². The van der Waals surface area contributed by atoms with E-state index in [2.05, 4.69) is 4.98 Å². The second-order valence-corrected chi connectivity index (χ2v) is 3.20. The third-order valence-electron chi connectivity index (χ3n) is 2.20. The highest BCUT2D eigenvalue weighted by Crippen LogP contribution is 2.12. The standard InChI is InChI=1S/C11H10N2O2/c1-8-12-5-6-13(8)10-4-2-3-9(7-10)11(14)15/h2-7H,1H3,(H,14,15). The van der Waals surface area contributed by atoms with Gasteiger partial charge in [-0.2, -0.15) is 0 Å². The first-order chi connectivity index (χ1) is 7.18. The molecule has 0 bridgehead atoms. The van der Waals surface area contributed by atoms with Gasteiger partial charge >= 0.3 is 5.97 Å². The van der Waals surface area contributed by atoms with Crippen molar-refractivity contribution in [1.82, 2.24) is 9.55 Å². The Kier molecular flexibility index (Phi) is 2.25. The number of carboxylic acids is 1. The Morgan fingerprint density at radius 3 is 2.87 bits per heavy atom. The Morgan fingerprint density at radius 2 is 2.27 bits per heavy atom. The molecule has 2 rings (SSSR count). The molecule has 4 heteroatoms. The third-order valence-corrected chi connectivity index (χ3v) is 2.20. The van der Waals surface area contributed by atoms with E-state index in [9.17, 15) is 4.79 Å². The first-order valence-corrected chi connectivity index (χ1v) is 4.52. The maximum Gasteiger partial charge on any atom is 0.335 e. The molecule has 0 saturated carbocycles. The number of aromatic carboxylic acids is 1. The van der Waals surface area contributed by atoms with Crippen LogP contribution in [0.15, 0.2) is 36.7 Å². The fourth-order valence-corrected chi connectivity index (χ4v) is 1.44. The van der Waals surface area contributed by atoms with Crippen LogP contribution in [0.1, 0.15) is 16.2 Å². The monoisotopic (exact) mass is 202 g/mol. The van der Waals surface area contributed by atoms with Crippen LogP contribution in [0.4, 0.5) is 0 Å². The van der Waals surface area contributed by atoms with Gasteiger partial charge in [-0.25, -0.2) is 9.78 Å². The van der Waals surface area contributed by atoms with Gasteiger partial charge in [0, 0.05) is 18.1 Å². The Morgan fingerprint density at radius 1 is 1.47 bits per heavy atom. The van der Waals surface area contributed by atoms with Crippen LogP contribution >= 0.6 is 0 Å². The fraction of sp³-hybridized carbons (Fsp3) is 0.0909. The number of aryl methyl sites for hydroxylation is 1. The summed E-state index contributed by atoms with van der Waals surface area (Å²) < 4.78 is 1.84. The second kappa shape index (κ2) is 3.57. The maximum atomic E-state index is 10.8. The SMILES string of the molecule is Cc1nccn1-c1cccc(C(=O)O)c1. The van der Waals surface area contributed by atoms with Crippen LogP contribution in [0.2, 0.25) is 0 Å². The highest BCUT2D eigenvalue weighted by Gasteiger charge is 2.05. The number of rotatable bonds is 2. The van der Waals surface area contributed by atoms with Crippen molar-refractivity contribution < 1.29 is 9.90 Å². The van der Waals surface area contributed by atoms with E-state index in [1.54, 1.807) is 30.6 Å². The lowest BCUT2D eigenvalue weighted by Gasteiger charge is -2.05. The predicted octanol–water partition coefficient (Wildman–Crippen LogP) is 1.88. The number of imidazole rings is 1. The molecule has 1 aromatic heterocycles. The molecule has 0 atom stereocenters. The molecule has 0 fully saturated rings. The number of benzene rings is 1. The summed E-state index contributed by atoms with van der Waals surface area (Å²) in [5, 5.41) is 8.85. The number of nitrogens with zero attached hydrogens (tertiary/aromatic N) is 2. The van der Waals surface area contributed by atoms with Crippen LogP contribution < -0.4 is 0 Å². The minimum Gasteiger partial charge on any atom is -0.478 e. The number of hydrogen-bond acceptors (Lipinski definition) is 2. The molecule has 1 heterocycles. The van der Waals surface area contributed by atoms with Crippen molar-refractivity contribution in [3.8, 4) is 5.69 Å². The Bertz CT molecular complexity index is 503. The first-order valence-electron chi connectivity index (χ1n) is 4.52. The minimum absolute atomic E-state index is 0.278. The normalized spacial score (nSPS) is 10.2. The molecule has 1 N–H and O–H groups in total. The lowest BCUT2D eigenvalue weighted by Crippen LogP contribution is -2.00. The summed E-state index contributed by atoms with van der Waals surface area (Å²) in [6.45, 7) is 1.87. The van der Waals surface area contributed by atoms with Crippen LogP contribution in [0.5, 0.6) is 0 Å². The molecule has 4 nitrogen and oxygen atoms in total. The Balaban J connectivity index is 2.50. The zero-order valence-electron chi connectivity index (χ0n) is 8.21. The van der Waals surface area contributed by atoms with E-state index in [4.69, 9.17) is 5.11 Å². The first kappa shape index (κ1) is 9.45. The molecule has 0 spiro atoms. The van der Waals surface area contributed by atoms with E-state index in [1.807, 2.05) is 17.6 Å². The van der Waals surface area contributed by atoms with E-state index in [-0.39, 0.29) is 5.56 Å². The van der Waals surface area contributed by atoms with E-state index in [0.29, 0.717) is 0 Å². The molecule has 0 aliphatic carbocycles. The van der Waals surface area contributed by atoms with Crippen LogP contribution in [0.3, 0.4) is 0 Å². The Labute approximate surface area is 86.8 Å². The summed E-state index contributed by atoms with van der Waals surface area (Å²) >= 11 is 0. The van der Waals surface area contributed by atoms with E-state index < -0.39 is 5.97 Å². The maximum absolute atomic E-state index is 10.8. The van der Waals surface area contributed by atoms with E-state index in [1.165, 1.54) is 0 Å². The van der Waals surface area contributed by atoms with E-state index in [0.717, 1.165) is 11.5 Å².